The zero-order chi connectivity index (χ0) is 14.6. The highest BCUT2D eigenvalue weighted by Gasteiger charge is 2.36. The molecule has 0 radical (unpaired) electrons. The number of aromatic nitrogens is 2. The summed E-state index contributed by atoms with van der Waals surface area (Å²) in [4.78, 5) is 3.39. The van der Waals surface area contributed by atoms with Gasteiger partial charge in [0.1, 0.15) is 5.75 Å². The van der Waals surface area contributed by atoms with Gasteiger partial charge in [0.25, 0.3) is 0 Å². The zero-order valence-electron chi connectivity index (χ0n) is 10.6. The molecule has 1 aromatic carbocycles. The third-order valence-corrected chi connectivity index (χ3v) is 3.20. The van der Waals surface area contributed by atoms with E-state index >= 15 is 0 Å². The van der Waals surface area contributed by atoms with Crippen molar-refractivity contribution in [2.45, 2.75) is 12.6 Å². The van der Waals surface area contributed by atoms with Crippen LogP contribution in [-0.2, 0) is 12.6 Å². The Kier molecular flexibility index (Phi) is 4.43. The van der Waals surface area contributed by atoms with Gasteiger partial charge >= 0.3 is 6.18 Å². The maximum atomic E-state index is 12.3. The van der Waals surface area contributed by atoms with Gasteiger partial charge in [0.2, 0.25) is 11.0 Å². The number of methoxy groups -OCH3 is 1. The first kappa shape index (κ1) is 14.6. The number of nitrogens with one attached hydrogen (secondary N) is 1. The molecule has 8 heteroatoms. The highest BCUT2D eigenvalue weighted by molar-refractivity contribution is 7.09. The first-order chi connectivity index (χ1) is 9.49. The fourth-order valence-corrected chi connectivity index (χ4v) is 2.13. The number of anilines is 1. The highest BCUT2D eigenvalue weighted by Crippen LogP contribution is 2.28. The monoisotopic (exact) mass is 303 g/mol. The molecule has 2 aromatic rings. The van der Waals surface area contributed by atoms with Crippen molar-refractivity contribution in [1.82, 2.24) is 9.36 Å². The van der Waals surface area contributed by atoms with Gasteiger partial charge in [0, 0.05) is 18.1 Å². The average Bonchev–Trinajstić information content (AvgIpc) is 2.88. The fourth-order valence-electron chi connectivity index (χ4n) is 1.52. The Hall–Kier alpha value is -1.83. The van der Waals surface area contributed by atoms with Crippen molar-refractivity contribution < 1.29 is 17.9 Å². The summed E-state index contributed by atoms with van der Waals surface area (Å²) in [6.45, 7) is 0.485. The molecule has 0 atom stereocenters. The number of halogens is 3. The van der Waals surface area contributed by atoms with Gasteiger partial charge < -0.3 is 10.1 Å². The van der Waals surface area contributed by atoms with Crippen LogP contribution in [0, 0.1) is 0 Å². The molecule has 0 spiro atoms. The summed E-state index contributed by atoms with van der Waals surface area (Å²) in [5, 5.41) is 3.00. The number of hydrogen-bond acceptors (Lipinski definition) is 5. The number of benzene rings is 1. The van der Waals surface area contributed by atoms with Gasteiger partial charge in [-0.15, -0.1) is 0 Å². The van der Waals surface area contributed by atoms with E-state index in [9.17, 15) is 13.2 Å². The van der Waals surface area contributed by atoms with Crippen LogP contribution in [0.1, 0.15) is 11.4 Å². The van der Waals surface area contributed by atoms with Gasteiger partial charge in [-0.2, -0.15) is 22.5 Å². The van der Waals surface area contributed by atoms with E-state index in [-0.39, 0.29) is 5.13 Å². The number of alkyl halides is 3. The zero-order valence-corrected chi connectivity index (χ0v) is 11.4. The van der Waals surface area contributed by atoms with Crippen LogP contribution in [0.25, 0.3) is 0 Å². The Labute approximate surface area is 117 Å². The number of ether oxygens (including phenoxy) is 1. The van der Waals surface area contributed by atoms with Crippen LogP contribution in [0.5, 0.6) is 5.75 Å². The van der Waals surface area contributed by atoms with Gasteiger partial charge in [0.05, 0.1) is 7.11 Å². The van der Waals surface area contributed by atoms with E-state index in [1.165, 1.54) is 0 Å². The van der Waals surface area contributed by atoms with Crippen LogP contribution in [-0.4, -0.2) is 23.0 Å². The quantitative estimate of drug-likeness (QED) is 0.921. The van der Waals surface area contributed by atoms with Crippen molar-refractivity contribution in [3.8, 4) is 5.75 Å². The lowest BCUT2D eigenvalue weighted by Gasteiger charge is -2.04. The Morgan fingerprint density at radius 1 is 1.25 bits per heavy atom. The summed E-state index contributed by atoms with van der Waals surface area (Å²) >= 11 is 0.705. The topological polar surface area (TPSA) is 47.0 Å². The molecular formula is C12H12F3N3OS. The molecule has 0 aliphatic heterocycles. The molecule has 2 rings (SSSR count). The lowest BCUT2D eigenvalue weighted by molar-refractivity contribution is -0.144. The van der Waals surface area contributed by atoms with Crippen LogP contribution in [0.4, 0.5) is 18.3 Å². The Bertz CT molecular complexity index is 554. The van der Waals surface area contributed by atoms with Crippen molar-refractivity contribution >= 4 is 16.7 Å². The van der Waals surface area contributed by atoms with E-state index in [1.807, 2.05) is 24.3 Å². The molecular weight excluding hydrogens is 291 g/mol. The highest BCUT2D eigenvalue weighted by atomic mass is 32.1. The van der Waals surface area contributed by atoms with Gasteiger partial charge in [-0.3, -0.25) is 0 Å². The average molecular weight is 303 g/mol. The lowest BCUT2D eigenvalue weighted by atomic mass is 10.1. The molecule has 1 N–H and O–H groups in total. The third kappa shape index (κ3) is 3.83. The van der Waals surface area contributed by atoms with Gasteiger partial charge in [-0.25, -0.2) is 0 Å². The second kappa shape index (κ2) is 6.08. The minimum atomic E-state index is -4.49. The van der Waals surface area contributed by atoms with Crippen LogP contribution < -0.4 is 10.1 Å². The molecule has 0 fully saturated rings. The minimum Gasteiger partial charge on any atom is -0.497 e. The predicted molar refractivity (Wildman–Crippen MR) is 70.1 cm³/mol. The van der Waals surface area contributed by atoms with Crippen LogP contribution in [0.2, 0.25) is 0 Å². The van der Waals surface area contributed by atoms with Crippen LogP contribution in [0.3, 0.4) is 0 Å². The fraction of sp³-hybridized carbons (Fsp3) is 0.333. The molecule has 1 aromatic heterocycles. The summed E-state index contributed by atoms with van der Waals surface area (Å²) in [6.07, 6.45) is -3.82. The SMILES string of the molecule is COc1ccc(CCNc2nc(C(F)(F)F)ns2)cc1. The Morgan fingerprint density at radius 3 is 2.50 bits per heavy atom. The minimum absolute atomic E-state index is 0.172. The molecule has 20 heavy (non-hydrogen) atoms. The predicted octanol–water partition coefficient (Wildman–Crippen LogP) is 3.22. The molecule has 0 aliphatic carbocycles. The molecule has 0 aliphatic rings. The van der Waals surface area contributed by atoms with Crippen LogP contribution in [0.15, 0.2) is 24.3 Å². The molecule has 0 bridgehead atoms. The Morgan fingerprint density at radius 2 is 1.95 bits per heavy atom. The number of rotatable bonds is 5. The van der Waals surface area contributed by atoms with E-state index in [0.717, 1.165) is 11.3 Å². The van der Waals surface area contributed by atoms with E-state index in [4.69, 9.17) is 4.74 Å². The largest absolute Gasteiger partial charge is 0.497 e. The second-order valence-electron chi connectivity index (χ2n) is 3.95. The molecule has 0 saturated carbocycles. The maximum absolute atomic E-state index is 12.3. The summed E-state index contributed by atoms with van der Waals surface area (Å²) in [7, 11) is 1.59. The van der Waals surface area contributed by atoms with E-state index in [2.05, 4.69) is 14.7 Å². The van der Waals surface area contributed by atoms with E-state index in [1.54, 1.807) is 7.11 Å². The normalized spacial score (nSPS) is 11.4. The van der Waals surface area contributed by atoms with Gasteiger partial charge in [0.15, 0.2) is 0 Å². The first-order valence-corrected chi connectivity index (χ1v) is 6.54. The number of nitrogens with zero attached hydrogens (tertiary/aromatic N) is 2. The van der Waals surface area contributed by atoms with Crippen molar-refractivity contribution in [3.63, 3.8) is 0 Å². The standard InChI is InChI=1S/C12H12F3N3OS/c1-19-9-4-2-8(3-5-9)6-7-16-11-17-10(18-20-11)12(13,14)15/h2-5H,6-7H2,1H3,(H,16,17,18). The molecule has 0 saturated heterocycles. The second-order valence-corrected chi connectivity index (χ2v) is 4.70. The van der Waals surface area contributed by atoms with E-state index < -0.39 is 12.0 Å². The smallest absolute Gasteiger partial charge is 0.452 e. The van der Waals surface area contributed by atoms with Crippen molar-refractivity contribution in [2.24, 2.45) is 0 Å². The first-order valence-electron chi connectivity index (χ1n) is 5.77. The summed E-state index contributed by atoms with van der Waals surface area (Å²) in [6, 6.07) is 7.48. The van der Waals surface area contributed by atoms with Gasteiger partial charge in [-0.05, 0) is 24.1 Å². The van der Waals surface area contributed by atoms with Crippen molar-refractivity contribution in [2.75, 3.05) is 19.0 Å². The molecule has 4 nitrogen and oxygen atoms in total. The summed E-state index contributed by atoms with van der Waals surface area (Å²) in [5.41, 5.74) is 1.05. The molecule has 0 amide bonds. The van der Waals surface area contributed by atoms with E-state index in [0.29, 0.717) is 24.5 Å². The lowest BCUT2D eigenvalue weighted by Crippen LogP contribution is -2.08. The summed E-state index contributed by atoms with van der Waals surface area (Å²) < 4.78 is 45.2. The Balaban J connectivity index is 1.84. The summed E-state index contributed by atoms with van der Waals surface area (Å²) in [5.74, 6) is -0.338. The molecule has 0 unspecified atom stereocenters. The van der Waals surface area contributed by atoms with Crippen molar-refractivity contribution in [1.29, 1.82) is 0 Å². The maximum Gasteiger partial charge on any atom is 0.452 e. The number of hydrogen-bond donors (Lipinski definition) is 1. The van der Waals surface area contributed by atoms with Gasteiger partial charge in [-0.1, -0.05) is 12.1 Å². The van der Waals surface area contributed by atoms with Crippen molar-refractivity contribution in [3.05, 3.63) is 35.7 Å². The molecule has 108 valence electrons. The third-order valence-electron chi connectivity index (χ3n) is 2.53. The van der Waals surface area contributed by atoms with Crippen LogP contribution >= 0.6 is 11.5 Å². The molecule has 1 heterocycles.